The second kappa shape index (κ2) is 55.9. The largest absolute Gasteiger partial charge is 0.466 e. The molecule has 0 aromatic heterocycles. The average molecular weight is 931 g/mol. The molecule has 0 heterocycles. The van der Waals surface area contributed by atoms with Crippen molar-refractivity contribution in [2.24, 2.45) is 0 Å². The summed E-state index contributed by atoms with van der Waals surface area (Å²) < 4.78 is 5.47. The van der Waals surface area contributed by atoms with Gasteiger partial charge in [0, 0.05) is 12.8 Å². The molecule has 390 valence electrons. The van der Waals surface area contributed by atoms with Gasteiger partial charge in [0.15, 0.2) is 0 Å². The molecule has 0 aromatic carbocycles. The Hall–Kier alpha value is -1.66. The molecule has 0 radical (unpaired) electrons. The first kappa shape index (κ1) is 64.3. The maximum Gasteiger partial charge on any atom is 0.305 e. The van der Waals surface area contributed by atoms with Crippen molar-refractivity contribution in [2.45, 2.75) is 334 Å². The highest BCUT2D eigenvalue weighted by Gasteiger charge is 2.20. The van der Waals surface area contributed by atoms with Gasteiger partial charge in [-0.05, 0) is 57.8 Å². The van der Waals surface area contributed by atoms with Crippen LogP contribution in [0.4, 0.5) is 0 Å². The van der Waals surface area contributed by atoms with E-state index in [1.165, 1.54) is 238 Å². The normalized spacial score (nSPS) is 12.7. The highest BCUT2D eigenvalue weighted by Crippen LogP contribution is 2.17. The summed E-state index contributed by atoms with van der Waals surface area (Å²) in [6, 6.07) is -0.548. The van der Waals surface area contributed by atoms with Gasteiger partial charge < -0.3 is 20.3 Å². The maximum atomic E-state index is 12.5. The Balaban J connectivity index is 3.44. The maximum absolute atomic E-state index is 12.5. The Morgan fingerprint density at radius 3 is 1.15 bits per heavy atom. The van der Waals surface area contributed by atoms with Crippen molar-refractivity contribution in [3.8, 4) is 0 Å². The molecule has 0 saturated heterocycles. The molecule has 1 amide bonds. The lowest BCUT2D eigenvalue weighted by atomic mass is 10.0. The van der Waals surface area contributed by atoms with Crippen LogP contribution in [0.5, 0.6) is 0 Å². The van der Waals surface area contributed by atoms with Crippen LogP contribution in [0.15, 0.2) is 24.3 Å². The second-order valence-corrected chi connectivity index (χ2v) is 20.3. The zero-order chi connectivity index (χ0) is 47.9. The lowest BCUT2D eigenvalue weighted by molar-refractivity contribution is -0.143. The van der Waals surface area contributed by atoms with E-state index in [2.05, 4.69) is 43.5 Å². The van der Waals surface area contributed by atoms with Crippen LogP contribution in [0.3, 0.4) is 0 Å². The highest BCUT2D eigenvalue weighted by atomic mass is 16.5. The third-order valence-corrected chi connectivity index (χ3v) is 13.8. The number of ether oxygens (including phenoxy) is 1. The first-order valence-electron chi connectivity index (χ1n) is 29.6. The minimum absolute atomic E-state index is 0.00872. The molecule has 6 heteroatoms. The van der Waals surface area contributed by atoms with Crippen molar-refractivity contribution >= 4 is 11.9 Å². The van der Waals surface area contributed by atoms with Crippen LogP contribution in [0.2, 0.25) is 0 Å². The molecule has 0 bridgehead atoms. The lowest BCUT2D eigenvalue weighted by Gasteiger charge is -2.22. The number of unbranched alkanes of at least 4 members (excludes halogenated alkanes) is 40. The zero-order valence-corrected chi connectivity index (χ0v) is 44.4. The minimum Gasteiger partial charge on any atom is -0.466 e. The molecule has 0 aromatic rings. The number of aliphatic hydroxyl groups excluding tert-OH is 2. The fourth-order valence-corrected chi connectivity index (χ4v) is 9.20. The first-order valence-corrected chi connectivity index (χ1v) is 29.6. The van der Waals surface area contributed by atoms with Crippen molar-refractivity contribution in [1.82, 2.24) is 5.32 Å². The minimum atomic E-state index is -0.670. The molecule has 0 spiro atoms. The highest BCUT2D eigenvalue weighted by molar-refractivity contribution is 5.76. The SMILES string of the molecule is CCCCCCCCCCCCCCCC(=O)OCCCCCCCCCCC/C=C\C/C=C\CCCCCCCCCC(=O)NC(CO)C(O)CCCCCCCCCCCCCCC. The van der Waals surface area contributed by atoms with E-state index < -0.39 is 12.1 Å². The summed E-state index contributed by atoms with van der Waals surface area (Å²) in [6.07, 6.45) is 67.5. The van der Waals surface area contributed by atoms with E-state index in [-0.39, 0.29) is 18.5 Å². The van der Waals surface area contributed by atoms with E-state index >= 15 is 0 Å². The fourth-order valence-electron chi connectivity index (χ4n) is 9.20. The number of nitrogens with one attached hydrogen (secondary N) is 1. The number of allylic oxidation sites excluding steroid dienone is 4. The van der Waals surface area contributed by atoms with Gasteiger partial charge in [-0.15, -0.1) is 0 Å². The number of amides is 1. The van der Waals surface area contributed by atoms with Gasteiger partial charge in [-0.2, -0.15) is 0 Å². The Kier molecular flexibility index (Phi) is 54.5. The molecule has 66 heavy (non-hydrogen) atoms. The van der Waals surface area contributed by atoms with Gasteiger partial charge in [-0.25, -0.2) is 0 Å². The first-order chi connectivity index (χ1) is 32.5. The summed E-state index contributed by atoms with van der Waals surface area (Å²) in [5.74, 6) is -0.0360. The quantitative estimate of drug-likeness (QED) is 0.0321. The van der Waals surface area contributed by atoms with Gasteiger partial charge in [0.05, 0.1) is 25.4 Å². The van der Waals surface area contributed by atoms with E-state index in [0.29, 0.717) is 25.9 Å². The van der Waals surface area contributed by atoms with Crippen LogP contribution < -0.4 is 5.32 Å². The third kappa shape index (κ3) is 51.7. The van der Waals surface area contributed by atoms with E-state index in [0.717, 1.165) is 51.4 Å². The standard InChI is InChI=1S/C60H115NO5/c1-3-5-7-9-11-13-15-28-32-36-40-44-48-52-58(63)57(56-62)61-59(64)53-49-45-41-37-33-30-26-24-22-20-18-17-19-21-23-25-27-31-35-39-43-47-51-55-66-60(65)54-50-46-42-38-34-29-16-14-12-10-8-6-4-2/h17,19-20,22,57-58,62-63H,3-16,18,21,23-56H2,1-2H3,(H,61,64)/b19-17-,22-20-. The van der Waals surface area contributed by atoms with E-state index in [1.807, 2.05) is 0 Å². The molecular weight excluding hydrogens is 815 g/mol. The fraction of sp³-hybridized carbons (Fsp3) is 0.900. The smallest absolute Gasteiger partial charge is 0.305 e. The van der Waals surface area contributed by atoms with Crippen molar-refractivity contribution in [2.75, 3.05) is 13.2 Å². The third-order valence-electron chi connectivity index (χ3n) is 13.8. The van der Waals surface area contributed by atoms with E-state index in [1.54, 1.807) is 0 Å². The van der Waals surface area contributed by atoms with Crippen LogP contribution in [0, 0.1) is 0 Å². The molecule has 0 fully saturated rings. The molecule has 2 atom stereocenters. The zero-order valence-electron chi connectivity index (χ0n) is 44.4. The lowest BCUT2D eigenvalue weighted by Crippen LogP contribution is -2.45. The van der Waals surface area contributed by atoms with Crippen LogP contribution >= 0.6 is 0 Å². The van der Waals surface area contributed by atoms with Gasteiger partial charge >= 0.3 is 5.97 Å². The number of carbonyl (C=O) groups excluding carboxylic acids is 2. The monoisotopic (exact) mass is 930 g/mol. The van der Waals surface area contributed by atoms with Crippen LogP contribution in [-0.2, 0) is 14.3 Å². The molecule has 0 aliphatic rings. The summed E-state index contributed by atoms with van der Waals surface area (Å²) in [7, 11) is 0. The number of esters is 1. The summed E-state index contributed by atoms with van der Waals surface area (Å²) in [5.41, 5.74) is 0. The van der Waals surface area contributed by atoms with Gasteiger partial charge in [0.1, 0.15) is 0 Å². The number of rotatable bonds is 55. The Labute approximate surface area is 411 Å². The van der Waals surface area contributed by atoms with Gasteiger partial charge in [0.2, 0.25) is 5.91 Å². The molecular formula is C60H115NO5. The number of hydrogen-bond donors (Lipinski definition) is 3. The van der Waals surface area contributed by atoms with Crippen LogP contribution in [0.1, 0.15) is 322 Å². The Bertz CT molecular complexity index is 1030. The van der Waals surface area contributed by atoms with E-state index in [9.17, 15) is 19.8 Å². The van der Waals surface area contributed by atoms with Crippen LogP contribution in [-0.4, -0.2) is 47.4 Å². The van der Waals surface area contributed by atoms with Crippen molar-refractivity contribution < 1.29 is 24.5 Å². The molecule has 2 unspecified atom stereocenters. The summed E-state index contributed by atoms with van der Waals surface area (Å²) in [6.45, 7) is 4.95. The molecule has 0 aliphatic carbocycles. The topological polar surface area (TPSA) is 95.9 Å². The molecule has 6 nitrogen and oxygen atoms in total. The van der Waals surface area contributed by atoms with Crippen molar-refractivity contribution in [3.63, 3.8) is 0 Å². The summed E-state index contributed by atoms with van der Waals surface area (Å²) in [5, 5.41) is 23.2. The second-order valence-electron chi connectivity index (χ2n) is 20.3. The molecule has 0 saturated carbocycles. The average Bonchev–Trinajstić information content (AvgIpc) is 3.32. The number of aliphatic hydroxyl groups is 2. The Morgan fingerprint density at radius 2 is 0.758 bits per heavy atom. The van der Waals surface area contributed by atoms with Gasteiger partial charge in [-0.3, -0.25) is 9.59 Å². The van der Waals surface area contributed by atoms with Crippen molar-refractivity contribution in [3.05, 3.63) is 24.3 Å². The summed E-state index contributed by atoms with van der Waals surface area (Å²) >= 11 is 0. The predicted molar refractivity (Wildman–Crippen MR) is 287 cm³/mol. The van der Waals surface area contributed by atoms with Gasteiger partial charge in [0.25, 0.3) is 0 Å². The predicted octanol–water partition coefficient (Wildman–Crippen LogP) is 18.2. The van der Waals surface area contributed by atoms with E-state index in [4.69, 9.17) is 4.74 Å². The van der Waals surface area contributed by atoms with Gasteiger partial charge in [-0.1, -0.05) is 276 Å². The van der Waals surface area contributed by atoms with Crippen LogP contribution in [0.25, 0.3) is 0 Å². The number of hydrogen-bond acceptors (Lipinski definition) is 5. The summed E-state index contributed by atoms with van der Waals surface area (Å²) in [4.78, 5) is 24.5. The Morgan fingerprint density at radius 1 is 0.424 bits per heavy atom. The molecule has 3 N–H and O–H groups in total. The molecule has 0 aliphatic heterocycles. The molecule has 0 rings (SSSR count). The number of carbonyl (C=O) groups is 2. The van der Waals surface area contributed by atoms with Crippen molar-refractivity contribution in [1.29, 1.82) is 0 Å².